The van der Waals surface area contributed by atoms with Crippen LogP contribution in [0, 0.1) is 6.92 Å². The molecule has 0 aliphatic heterocycles. The van der Waals surface area contributed by atoms with E-state index >= 15 is 0 Å². The van der Waals surface area contributed by atoms with Gasteiger partial charge in [-0.2, -0.15) is 0 Å². The molecule has 0 N–H and O–H groups in total. The van der Waals surface area contributed by atoms with Gasteiger partial charge in [-0.25, -0.2) is 0 Å². The van der Waals surface area contributed by atoms with Crippen molar-refractivity contribution in [2.75, 3.05) is 0 Å². The van der Waals surface area contributed by atoms with E-state index in [-0.39, 0.29) is 0 Å². The molecule has 0 radical (unpaired) electrons. The number of aryl methyl sites for hydroxylation is 1. The van der Waals surface area contributed by atoms with Crippen LogP contribution in [0.15, 0.2) is 18.7 Å². The third kappa shape index (κ3) is 1.94. The molecular weight excluding hydrogens is 180 g/mol. The predicted molar refractivity (Wildman–Crippen MR) is 60.3 cm³/mol. The highest BCUT2D eigenvalue weighted by molar-refractivity contribution is 6.31. The van der Waals surface area contributed by atoms with Gasteiger partial charge in [0.1, 0.15) is 0 Å². The zero-order chi connectivity index (χ0) is 10.0. The van der Waals surface area contributed by atoms with Crippen molar-refractivity contribution in [3.63, 3.8) is 0 Å². The lowest BCUT2D eigenvalue weighted by molar-refractivity contribution is 1.12. The highest BCUT2D eigenvalue weighted by Gasteiger charge is 2.07. The van der Waals surface area contributed by atoms with Crippen molar-refractivity contribution in [1.82, 2.24) is 0 Å². The van der Waals surface area contributed by atoms with E-state index in [0.717, 1.165) is 22.6 Å². The first kappa shape index (κ1) is 10.3. The molecule has 0 amide bonds. The van der Waals surface area contributed by atoms with Gasteiger partial charge >= 0.3 is 0 Å². The number of hydrogen-bond donors (Lipinski definition) is 0. The summed E-state index contributed by atoms with van der Waals surface area (Å²) in [4.78, 5) is 0. The van der Waals surface area contributed by atoms with E-state index in [1.807, 2.05) is 19.9 Å². The van der Waals surface area contributed by atoms with Crippen molar-refractivity contribution < 1.29 is 0 Å². The number of benzene rings is 1. The zero-order valence-electron chi connectivity index (χ0n) is 8.45. The molecule has 0 spiro atoms. The Morgan fingerprint density at radius 1 is 1.46 bits per heavy atom. The summed E-state index contributed by atoms with van der Waals surface area (Å²) in [6.07, 6.45) is 1.03. The van der Waals surface area contributed by atoms with Crippen LogP contribution in [-0.2, 0) is 6.42 Å². The summed E-state index contributed by atoms with van der Waals surface area (Å²) >= 11 is 6.05. The molecule has 70 valence electrons. The molecule has 0 saturated carbocycles. The topological polar surface area (TPSA) is 0 Å². The lowest BCUT2D eigenvalue weighted by atomic mass is 9.95. The fraction of sp³-hybridized carbons (Fsp3) is 0.333. The number of rotatable bonds is 2. The minimum atomic E-state index is 0.829. The Kier molecular flexibility index (Phi) is 3.16. The average Bonchev–Trinajstić information content (AvgIpc) is 2.08. The molecule has 0 saturated heterocycles. The molecule has 1 rings (SSSR count). The van der Waals surface area contributed by atoms with E-state index in [2.05, 4.69) is 19.6 Å². The molecule has 1 aromatic rings. The van der Waals surface area contributed by atoms with Crippen molar-refractivity contribution >= 4 is 17.2 Å². The Morgan fingerprint density at radius 3 is 2.54 bits per heavy atom. The summed E-state index contributed by atoms with van der Waals surface area (Å²) in [5.74, 6) is 0. The summed E-state index contributed by atoms with van der Waals surface area (Å²) in [5, 5.41) is 0.829. The monoisotopic (exact) mass is 194 g/mol. The van der Waals surface area contributed by atoms with E-state index < -0.39 is 0 Å². The number of halogens is 1. The van der Waals surface area contributed by atoms with Gasteiger partial charge in [-0.1, -0.05) is 36.7 Å². The van der Waals surface area contributed by atoms with Crippen LogP contribution in [0.3, 0.4) is 0 Å². The summed E-state index contributed by atoms with van der Waals surface area (Å²) in [7, 11) is 0. The van der Waals surface area contributed by atoms with Crippen molar-refractivity contribution in [3.8, 4) is 0 Å². The normalized spacial score (nSPS) is 10.2. The first-order chi connectivity index (χ1) is 6.07. The van der Waals surface area contributed by atoms with Gasteiger partial charge in [-0.15, -0.1) is 0 Å². The highest BCUT2D eigenvalue weighted by Crippen LogP contribution is 2.27. The van der Waals surface area contributed by atoms with Crippen molar-refractivity contribution in [3.05, 3.63) is 40.4 Å². The van der Waals surface area contributed by atoms with Crippen LogP contribution in [0.5, 0.6) is 0 Å². The number of hydrogen-bond acceptors (Lipinski definition) is 0. The van der Waals surface area contributed by atoms with Gasteiger partial charge in [0, 0.05) is 5.02 Å². The molecule has 1 heteroatoms. The van der Waals surface area contributed by atoms with Crippen LogP contribution in [-0.4, -0.2) is 0 Å². The highest BCUT2D eigenvalue weighted by atomic mass is 35.5. The number of allylic oxidation sites excluding steroid dienone is 1. The standard InChI is InChI=1S/C12H15Cl/c1-5-10-6-7-11(13)9(4)12(10)8(2)3/h6-7H,2,5H2,1,3-4H3. The Bertz CT molecular complexity index is 337. The minimum Gasteiger partial charge on any atom is -0.0955 e. The van der Waals surface area contributed by atoms with Gasteiger partial charge in [0.25, 0.3) is 0 Å². The minimum absolute atomic E-state index is 0.829. The molecule has 1 aromatic carbocycles. The Morgan fingerprint density at radius 2 is 2.08 bits per heavy atom. The smallest absolute Gasteiger partial charge is 0.0441 e. The molecule has 0 unspecified atom stereocenters. The molecule has 0 heterocycles. The summed E-state index contributed by atoms with van der Waals surface area (Å²) < 4.78 is 0. The zero-order valence-corrected chi connectivity index (χ0v) is 9.20. The van der Waals surface area contributed by atoms with E-state index in [0.29, 0.717) is 0 Å². The van der Waals surface area contributed by atoms with Crippen molar-refractivity contribution in [1.29, 1.82) is 0 Å². The SMILES string of the molecule is C=C(C)c1c(CC)ccc(Cl)c1C. The summed E-state index contributed by atoms with van der Waals surface area (Å²) in [5.41, 5.74) is 4.80. The molecule has 0 aliphatic rings. The third-order valence-corrected chi connectivity index (χ3v) is 2.70. The molecule has 0 bridgehead atoms. The average molecular weight is 195 g/mol. The second-order valence-corrected chi connectivity index (χ2v) is 3.75. The van der Waals surface area contributed by atoms with Crippen LogP contribution in [0.4, 0.5) is 0 Å². The van der Waals surface area contributed by atoms with Gasteiger partial charge in [0.15, 0.2) is 0 Å². The van der Waals surface area contributed by atoms with Crippen molar-refractivity contribution in [2.45, 2.75) is 27.2 Å². The van der Waals surface area contributed by atoms with E-state index in [1.165, 1.54) is 11.1 Å². The maximum Gasteiger partial charge on any atom is 0.0441 e. The first-order valence-electron chi connectivity index (χ1n) is 4.51. The van der Waals surface area contributed by atoms with Gasteiger partial charge in [0.2, 0.25) is 0 Å². The molecule has 0 fully saturated rings. The van der Waals surface area contributed by atoms with Gasteiger partial charge in [-0.3, -0.25) is 0 Å². The molecule has 0 aromatic heterocycles. The molecule has 0 aliphatic carbocycles. The van der Waals surface area contributed by atoms with Crippen molar-refractivity contribution in [2.24, 2.45) is 0 Å². The van der Waals surface area contributed by atoms with Crippen LogP contribution in [0.25, 0.3) is 5.57 Å². The lowest BCUT2D eigenvalue weighted by Crippen LogP contribution is -1.94. The maximum atomic E-state index is 6.05. The van der Waals surface area contributed by atoms with Crippen LogP contribution in [0.2, 0.25) is 5.02 Å². The second-order valence-electron chi connectivity index (χ2n) is 3.34. The fourth-order valence-electron chi connectivity index (χ4n) is 1.63. The largest absolute Gasteiger partial charge is 0.0955 e. The van der Waals surface area contributed by atoms with Crippen LogP contribution < -0.4 is 0 Å². The quantitative estimate of drug-likeness (QED) is 0.661. The molecular formula is C12H15Cl. The Balaban J connectivity index is 3.41. The van der Waals surface area contributed by atoms with Gasteiger partial charge < -0.3 is 0 Å². The Labute approximate surface area is 85.2 Å². The second kappa shape index (κ2) is 3.97. The Hall–Kier alpha value is -0.750. The van der Waals surface area contributed by atoms with E-state index in [4.69, 9.17) is 11.6 Å². The van der Waals surface area contributed by atoms with Crippen LogP contribution in [0.1, 0.15) is 30.5 Å². The fourth-order valence-corrected chi connectivity index (χ4v) is 1.79. The first-order valence-corrected chi connectivity index (χ1v) is 4.89. The third-order valence-electron chi connectivity index (χ3n) is 2.29. The maximum absolute atomic E-state index is 6.05. The van der Waals surface area contributed by atoms with Crippen LogP contribution >= 0.6 is 11.6 Å². The summed E-state index contributed by atoms with van der Waals surface area (Å²) in [6, 6.07) is 4.04. The molecule has 0 nitrogen and oxygen atoms in total. The van der Waals surface area contributed by atoms with E-state index in [1.54, 1.807) is 0 Å². The van der Waals surface area contributed by atoms with Gasteiger partial charge in [-0.05, 0) is 43.0 Å². The molecule has 13 heavy (non-hydrogen) atoms. The van der Waals surface area contributed by atoms with Gasteiger partial charge in [0.05, 0.1) is 0 Å². The summed E-state index contributed by atoms with van der Waals surface area (Å²) in [6.45, 7) is 10.2. The van der Waals surface area contributed by atoms with E-state index in [9.17, 15) is 0 Å². The predicted octanol–water partition coefficient (Wildman–Crippen LogP) is 4.24. The molecule has 0 atom stereocenters. The lowest BCUT2D eigenvalue weighted by Gasteiger charge is -2.12.